The zero-order valence-electron chi connectivity index (χ0n) is 17.6. The summed E-state index contributed by atoms with van der Waals surface area (Å²) in [6, 6.07) is 12.2. The topological polar surface area (TPSA) is 89.8 Å². The number of aromatic nitrogens is 3. The van der Waals surface area contributed by atoms with Gasteiger partial charge in [-0.25, -0.2) is 4.98 Å². The first-order chi connectivity index (χ1) is 14.2. The zero-order chi connectivity index (χ0) is 20.2. The molecule has 2 N–H and O–H groups in total. The summed E-state index contributed by atoms with van der Waals surface area (Å²) in [6.07, 6.45) is 4.00. The van der Waals surface area contributed by atoms with Crippen LogP contribution in [0.3, 0.4) is 0 Å². The molecule has 1 aliphatic heterocycles. The molecule has 1 fully saturated rings. The fraction of sp³-hybridized carbons (Fsp3) is 0.364. The van der Waals surface area contributed by atoms with Crippen molar-refractivity contribution in [3.05, 3.63) is 47.7 Å². The summed E-state index contributed by atoms with van der Waals surface area (Å²) in [5.74, 6) is 1.37. The molecule has 0 spiro atoms. The third-order valence-electron chi connectivity index (χ3n) is 5.22. The quantitative estimate of drug-likeness (QED) is 0.565. The van der Waals surface area contributed by atoms with Gasteiger partial charge in [-0.1, -0.05) is 13.0 Å². The highest BCUT2D eigenvalue weighted by Gasteiger charge is 2.25. The Morgan fingerprint density at radius 1 is 1.23 bits per heavy atom. The van der Waals surface area contributed by atoms with Crippen LogP contribution in [0.15, 0.2) is 36.5 Å². The van der Waals surface area contributed by atoms with Crippen LogP contribution in [0.5, 0.6) is 0 Å². The zero-order valence-corrected chi connectivity index (χ0v) is 19.3. The van der Waals surface area contributed by atoms with Crippen molar-refractivity contribution < 1.29 is 0 Å². The van der Waals surface area contributed by atoms with Gasteiger partial charge >= 0.3 is 0 Å². The van der Waals surface area contributed by atoms with E-state index >= 15 is 0 Å². The Hall–Kier alpha value is -2.66. The lowest BCUT2D eigenvalue weighted by atomic mass is 10.1. The highest BCUT2D eigenvalue weighted by molar-refractivity contribution is 5.87. The van der Waals surface area contributed by atoms with Gasteiger partial charge in [0.2, 0.25) is 5.95 Å². The Bertz CT molecular complexity index is 1070. The lowest BCUT2D eigenvalue weighted by molar-refractivity contribution is 0.549. The second-order valence-electron chi connectivity index (χ2n) is 7.39. The van der Waals surface area contributed by atoms with E-state index in [0.717, 1.165) is 60.6 Å². The van der Waals surface area contributed by atoms with E-state index in [9.17, 15) is 5.26 Å². The Balaban J connectivity index is 0.00000171. The van der Waals surface area contributed by atoms with Crippen molar-refractivity contribution in [3.8, 4) is 6.07 Å². The maximum atomic E-state index is 9.29. The maximum absolute atomic E-state index is 9.29. The van der Waals surface area contributed by atoms with E-state index in [1.165, 1.54) is 0 Å². The van der Waals surface area contributed by atoms with Crippen LogP contribution in [0.25, 0.3) is 11.0 Å². The van der Waals surface area contributed by atoms with Gasteiger partial charge in [-0.05, 0) is 56.1 Å². The molecule has 2 aromatic heterocycles. The SMILES string of the molecule is CCCNC1CCN(c2nc(Nc3ccc(C)c(C#N)c3)nc3cccnc23)C1.Cl.Cl. The van der Waals surface area contributed by atoms with Gasteiger partial charge in [0.05, 0.1) is 17.1 Å². The molecule has 31 heavy (non-hydrogen) atoms. The van der Waals surface area contributed by atoms with Crippen LogP contribution in [0.2, 0.25) is 0 Å². The normalized spacial score (nSPS) is 15.1. The lowest BCUT2D eigenvalue weighted by Crippen LogP contribution is -2.33. The van der Waals surface area contributed by atoms with E-state index < -0.39 is 0 Å². The van der Waals surface area contributed by atoms with Gasteiger partial charge in [0.1, 0.15) is 5.52 Å². The molecular formula is C22H27Cl2N7. The van der Waals surface area contributed by atoms with Crippen LogP contribution in [0, 0.1) is 18.3 Å². The standard InChI is InChI=1S/C22H25N7.2ClH/c1-3-9-24-18-8-11-29(14-18)21-20-19(5-4-10-25-20)27-22(28-21)26-17-7-6-15(2)16(12-17)13-23;;/h4-7,10,12,18,24H,3,8-9,11,14H2,1-2H3,(H,26,27,28);2*1H. The van der Waals surface area contributed by atoms with E-state index in [0.29, 0.717) is 17.6 Å². The molecule has 1 atom stereocenters. The van der Waals surface area contributed by atoms with Crippen molar-refractivity contribution >= 4 is 53.3 Å². The Kier molecular flexibility index (Phi) is 8.81. The number of nitrogens with zero attached hydrogens (tertiary/aromatic N) is 5. The van der Waals surface area contributed by atoms with Gasteiger partial charge in [-0.2, -0.15) is 10.2 Å². The summed E-state index contributed by atoms with van der Waals surface area (Å²) in [5.41, 5.74) is 4.01. The largest absolute Gasteiger partial charge is 0.353 e. The third kappa shape index (κ3) is 5.53. The monoisotopic (exact) mass is 459 g/mol. The van der Waals surface area contributed by atoms with Crippen LogP contribution >= 0.6 is 24.8 Å². The van der Waals surface area contributed by atoms with Gasteiger partial charge in [0, 0.05) is 31.0 Å². The average Bonchev–Trinajstić information content (AvgIpc) is 3.22. The smallest absolute Gasteiger partial charge is 0.229 e. The molecule has 164 valence electrons. The molecule has 1 unspecified atom stereocenters. The first kappa shape index (κ1) is 24.6. The number of benzene rings is 1. The first-order valence-corrected chi connectivity index (χ1v) is 10.1. The Morgan fingerprint density at radius 2 is 2.06 bits per heavy atom. The third-order valence-corrected chi connectivity index (χ3v) is 5.22. The molecule has 7 nitrogen and oxygen atoms in total. The number of hydrogen-bond donors (Lipinski definition) is 2. The molecule has 1 saturated heterocycles. The summed E-state index contributed by atoms with van der Waals surface area (Å²) in [5, 5.41) is 16.2. The van der Waals surface area contributed by atoms with Gasteiger partial charge < -0.3 is 15.5 Å². The predicted octanol–water partition coefficient (Wildman–Crippen LogP) is 4.37. The molecule has 3 aromatic rings. The number of rotatable bonds is 6. The highest BCUT2D eigenvalue weighted by atomic mass is 35.5. The highest BCUT2D eigenvalue weighted by Crippen LogP contribution is 2.28. The molecule has 1 aromatic carbocycles. The van der Waals surface area contributed by atoms with Crippen molar-refractivity contribution in [1.82, 2.24) is 20.3 Å². The molecule has 4 rings (SSSR count). The molecule has 9 heteroatoms. The number of anilines is 3. The van der Waals surface area contributed by atoms with Crippen LogP contribution in [0.1, 0.15) is 30.9 Å². The van der Waals surface area contributed by atoms with Crippen molar-refractivity contribution in [2.75, 3.05) is 29.9 Å². The van der Waals surface area contributed by atoms with Gasteiger partial charge in [-0.3, -0.25) is 4.98 Å². The second-order valence-corrected chi connectivity index (χ2v) is 7.39. The summed E-state index contributed by atoms with van der Waals surface area (Å²) >= 11 is 0. The Morgan fingerprint density at radius 3 is 2.84 bits per heavy atom. The van der Waals surface area contributed by atoms with Gasteiger partial charge in [0.25, 0.3) is 0 Å². The molecule has 0 saturated carbocycles. The fourth-order valence-corrected chi connectivity index (χ4v) is 3.65. The predicted molar refractivity (Wildman–Crippen MR) is 130 cm³/mol. The number of fused-ring (bicyclic) bond motifs is 1. The molecule has 3 heterocycles. The van der Waals surface area contributed by atoms with Crippen LogP contribution in [0.4, 0.5) is 17.5 Å². The van der Waals surface area contributed by atoms with Crippen LogP contribution in [-0.2, 0) is 0 Å². The molecule has 0 amide bonds. The Labute approximate surface area is 195 Å². The average molecular weight is 460 g/mol. The summed E-state index contributed by atoms with van der Waals surface area (Å²) in [7, 11) is 0. The summed E-state index contributed by atoms with van der Waals surface area (Å²) < 4.78 is 0. The molecule has 0 bridgehead atoms. The fourth-order valence-electron chi connectivity index (χ4n) is 3.65. The summed E-state index contributed by atoms with van der Waals surface area (Å²) in [4.78, 5) is 16.3. The first-order valence-electron chi connectivity index (χ1n) is 10.1. The number of nitriles is 1. The minimum absolute atomic E-state index is 0. The van der Waals surface area contributed by atoms with E-state index in [1.807, 2.05) is 37.3 Å². The molecule has 0 aliphatic carbocycles. The van der Waals surface area contributed by atoms with Gasteiger partial charge in [0.15, 0.2) is 5.82 Å². The molecular weight excluding hydrogens is 433 g/mol. The number of nitrogens with one attached hydrogen (secondary N) is 2. The number of pyridine rings is 1. The number of hydrogen-bond acceptors (Lipinski definition) is 7. The van der Waals surface area contributed by atoms with Crippen molar-refractivity contribution in [3.63, 3.8) is 0 Å². The lowest BCUT2D eigenvalue weighted by Gasteiger charge is -2.20. The minimum atomic E-state index is 0. The minimum Gasteiger partial charge on any atom is -0.353 e. The molecule has 1 aliphatic rings. The summed E-state index contributed by atoms with van der Waals surface area (Å²) in [6.45, 7) is 6.98. The van der Waals surface area contributed by atoms with E-state index in [1.54, 1.807) is 6.20 Å². The second kappa shape index (κ2) is 11.1. The maximum Gasteiger partial charge on any atom is 0.229 e. The van der Waals surface area contributed by atoms with Crippen molar-refractivity contribution in [2.45, 2.75) is 32.7 Å². The number of aryl methyl sites for hydroxylation is 1. The van der Waals surface area contributed by atoms with E-state index in [4.69, 9.17) is 4.98 Å². The van der Waals surface area contributed by atoms with Crippen LogP contribution in [-0.4, -0.2) is 40.6 Å². The van der Waals surface area contributed by atoms with Crippen molar-refractivity contribution in [1.29, 1.82) is 5.26 Å². The number of halogens is 2. The van der Waals surface area contributed by atoms with Crippen LogP contribution < -0.4 is 15.5 Å². The van der Waals surface area contributed by atoms with Crippen molar-refractivity contribution in [2.24, 2.45) is 0 Å². The molecule has 0 radical (unpaired) electrons. The van der Waals surface area contributed by atoms with E-state index in [2.05, 4.69) is 38.5 Å². The van der Waals surface area contributed by atoms with E-state index in [-0.39, 0.29) is 24.8 Å². The van der Waals surface area contributed by atoms with Gasteiger partial charge in [-0.15, -0.1) is 24.8 Å².